The lowest BCUT2D eigenvalue weighted by molar-refractivity contribution is -0.116. The average molecular weight is 321 g/mol. The van der Waals surface area contributed by atoms with E-state index in [0.717, 1.165) is 22.5 Å². The molecule has 120 valence electrons. The van der Waals surface area contributed by atoms with Gasteiger partial charge in [0.15, 0.2) is 0 Å². The van der Waals surface area contributed by atoms with Crippen molar-refractivity contribution in [3.63, 3.8) is 0 Å². The zero-order valence-electron chi connectivity index (χ0n) is 13.2. The van der Waals surface area contributed by atoms with Gasteiger partial charge < -0.3 is 5.32 Å². The molecule has 5 heteroatoms. The molecule has 0 bridgehead atoms. The van der Waals surface area contributed by atoms with E-state index in [-0.39, 0.29) is 17.6 Å². The van der Waals surface area contributed by atoms with Gasteiger partial charge in [0.1, 0.15) is 11.6 Å². The summed E-state index contributed by atoms with van der Waals surface area (Å²) in [5.41, 5.74) is 3.67. The summed E-state index contributed by atoms with van der Waals surface area (Å²) >= 11 is 0. The van der Waals surface area contributed by atoms with Crippen molar-refractivity contribution in [2.24, 2.45) is 0 Å². The predicted molar refractivity (Wildman–Crippen MR) is 89.8 cm³/mol. The monoisotopic (exact) mass is 321 g/mol. The van der Waals surface area contributed by atoms with Crippen LogP contribution in [0.3, 0.4) is 0 Å². The molecular formula is C19H16FN3O. The number of carbonyl (C=O) groups excluding carboxylic acids is 1. The van der Waals surface area contributed by atoms with Gasteiger partial charge in [-0.2, -0.15) is 5.10 Å². The van der Waals surface area contributed by atoms with Crippen LogP contribution in [0.1, 0.15) is 29.2 Å². The zero-order chi connectivity index (χ0) is 16.7. The fourth-order valence-electron chi connectivity index (χ4n) is 3.28. The SMILES string of the molecule is Cc1nn(-c2ccccc2)c2c1C(c1ccc(F)cc1)CC(=O)N2. The number of carbonyl (C=O) groups is 1. The first-order valence-corrected chi connectivity index (χ1v) is 7.84. The zero-order valence-corrected chi connectivity index (χ0v) is 13.2. The van der Waals surface area contributed by atoms with Crippen molar-refractivity contribution in [1.82, 2.24) is 9.78 Å². The van der Waals surface area contributed by atoms with Crippen molar-refractivity contribution in [3.8, 4) is 5.69 Å². The molecule has 1 aliphatic heterocycles. The standard InChI is InChI=1S/C19H16FN3O/c1-12-18-16(13-7-9-14(20)10-8-13)11-17(24)21-19(18)23(22-12)15-5-3-2-4-6-15/h2-10,16H,11H2,1H3,(H,21,24). The van der Waals surface area contributed by atoms with Gasteiger partial charge in [0.05, 0.1) is 11.4 Å². The van der Waals surface area contributed by atoms with Crippen LogP contribution < -0.4 is 5.32 Å². The summed E-state index contributed by atoms with van der Waals surface area (Å²) in [7, 11) is 0. The fourth-order valence-corrected chi connectivity index (χ4v) is 3.28. The van der Waals surface area contributed by atoms with E-state index in [1.165, 1.54) is 12.1 Å². The van der Waals surface area contributed by atoms with Crippen LogP contribution in [0.5, 0.6) is 0 Å². The smallest absolute Gasteiger partial charge is 0.226 e. The van der Waals surface area contributed by atoms with Crippen molar-refractivity contribution in [2.45, 2.75) is 19.3 Å². The average Bonchev–Trinajstić information content (AvgIpc) is 2.92. The van der Waals surface area contributed by atoms with Gasteiger partial charge in [-0.25, -0.2) is 9.07 Å². The lowest BCUT2D eigenvalue weighted by Crippen LogP contribution is -2.24. The third-order valence-corrected chi connectivity index (χ3v) is 4.38. The Hall–Kier alpha value is -2.95. The minimum atomic E-state index is -0.282. The first kappa shape index (κ1) is 14.6. The Labute approximate surface area is 138 Å². The normalized spacial score (nSPS) is 16.6. The molecular weight excluding hydrogens is 305 g/mol. The quantitative estimate of drug-likeness (QED) is 0.780. The van der Waals surface area contributed by atoms with E-state index in [9.17, 15) is 9.18 Å². The van der Waals surface area contributed by atoms with Gasteiger partial charge >= 0.3 is 0 Å². The number of hydrogen-bond acceptors (Lipinski definition) is 2. The molecule has 2 aromatic carbocycles. The highest BCUT2D eigenvalue weighted by Crippen LogP contribution is 2.40. The van der Waals surface area contributed by atoms with Gasteiger partial charge in [0.25, 0.3) is 0 Å². The number of amides is 1. The van der Waals surface area contributed by atoms with Gasteiger partial charge in [-0.15, -0.1) is 0 Å². The Bertz CT molecular complexity index is 900. The largest absolute Gasteiger partial charge is 0.310 e. The molecule has 1 aromatic heterocycles. The summed E-state index contributed by atoms with van der Waals surface area (Å²) in [5, 5.41) is 7.56. The maximum Gasteiger partial charge on any atom is 0.226 e. The van der Waals surface area contributed by atoms with E-state index >= 15 is 0 Å². The summed E-state index contributed by atoms with van der Waals surface area (Å²) in [6.07, 6.45) is 0.333. The number of benzene rings is 2. The number of halogens is 1. The number of para-hydroxylation sites is 1. The molecule has 1 aliphatic rings. The summed E-state index contributed by atoms with van der Waals surface area (Å²) in [6.45, 7) is 1.94. The molecule has 0 saturated heterocycles. The highest BCUT2D eigenvalue weighted by atomic mass is 19.1. The second-order valence-electron chi connectivity index (χ2n) is 5.95. The molecule has 1 unspecified atom stereocenters. The van der Waals surface area contributed by atoms with E-state index in [1.807, 2.05) is 37.3 Å². The number of aromatic nitrogens is 2. The Kier molecular flexibility index (Phi) is 3.41. The second-order valence-corrected chi connectivity index (χ2v) is 5.95. The predicted octanol–water partition coefficient (Wildman–Crippen LogP) is 3.79. The summed E-state index contributed by atoms with van der Waals surface area (Å²) in [6, 6.07) is 16.0. The number of fused-ring (bicyclic) bond motifs is 1. The van der Waals surface area contributed by atoms with Crippen molar-refractivity contribution in [3.05, 3.63) is 77.2 Å². The number of hydrogen-bond donors (Lipinski definition) is 1. The fraction of sp³-hybridized carbons (Fsp3) is 0.158. The number of aryl methyl sites for hydroxylation is 1. The lowest BCUT2D eigenvalue weighted by Gasteiger charge is -2.24. The molecule has 4 rings (SSSR count). The lowest BCUT2D eigenvalue weighted by atomic mass is 9.86. The first-order chi connectivity index (χ1) is 11.6. The van der Waals surface area contributed by atoms with Crippen LogP contribution >= 0.6 is 0 Å². The van der Waals surface area contributed by atoms with E-state index in [4.69, 9.17) is 0 Å². The minimum absolute atomic E-state index is 0.0612. The highest BCUT2D eigenvalue weighted by Gasteiger charge is 2.32. The summed E-state index contributed by atoms with van der Waals surface area (Å²) in [5.74, 6) is 0.237. The second kappa shape index (κ2) is 5.60. The van der Waals surface area contributed by atoms with Crippen LogP contribution in [0.2, 0.25) is 0 Å². The number of anilines is 1. The molecule has 0 spiro atoms. The molecule has 0 fully saturated rings. The molecule has 0 radical (unpaired) electrons. The van der Waals surface area contributed by atoms with E-state index in [1.54, 1.807) is 16.8 Å². The van der Waals surface area contributed by atoms with Crippen LogP contribution in [-0.2, 0) is 4.79 Å². The maximum absolute atomic E-state index is 13.2. The topological polar surface area (TPSA) is 46.9 Å². The third-order valence-electron chi connectivity index (χ3n) is 4.38. The van der Waals surface area contributed by atoms with Crippen molar-refractivity contribution < 1.29 is 9.18 Å². The number of nitrogens with zero attached hydrogens (tertiary/aromatic N) is 2. The van der Waals surface area contributed by atoms with Crippen molar-refractivity contribution in [1.29, 1.82) is 0 Å². The molecule has 2 heterocycles. The molecule has 3 aromatic rings. The van der Waals surface area contributed by atoms with E-state index in [0.29, 0.717) is 12.2 Å². The van der Waals surface area contributed by atoms with Gasteiger partial charge in [0.2, 0.25) is 5.91 Å². The Balaban J connectivity index is 1.87. The van der Waals surface area contributed by atoms with Gasteiger partial charge in [-0.1, -0.05) is 30.3 Å². The van der Waals surface area contributed by atoms with Crippen LogP contribution in [-0.4, -0.2) is 15.7 Å². The molecule has 0 aliphatic carbocycles. The first-order valence-electron chi connectivity index (χ1n) is 7.84. The number of rotatable bonds is 2. The van der Waals surface area contributed by atoms with Crippen LogP contribution in [0, 0.1) is 12.7 Å². The molecule has 4 nitrogen and oxygen atoms in total. The van der Waals surface area contributed by atoms with Gasteiger partial charge in [-0.05, 0) is 36.8 Å². The van der Waals surface area contributed by atoms with Crippen LogP contribution in [0.15, 0.2) is 54.6 Å². The highest BCUT2D eigenvalue weighted by molar-refractivity contribution is 5.95. The van der Waals surface area contributed by atoms with E-state index in [2.05, 4.69) is 10.4 Å². The van der Waals surface area contributed by atoms with Crippen LogP contribution in [0.4, 0.5) is 10.2 Å². The van der Waals surface area contributed by atoms with Crippen molar-refractivity contribution in [2.75, 3.05) is 5.32 Å². The molecule has 1 amide bonds. The van der Waals surface area contributed by atoms with Gasteiger partial charge in [-0.3, -0.25) is 4.79 Å². The third kappa shape index (κ3) is 2.38. The molecule has 24 heavy (non-hydrogen) atoms. The Morgan fingerprint density at radius 3 is 2.54 bits per heavy atom. The molecule has 1 atom stereocenters. The van der Waals surface area contributed by atoms with E-state index < -0.39 is 0 Å². The van der Waals surface area contributed by atoms with Gasteiger partial charge in [0, 0.05) is 17.9 Å². The molecule has 1 N–H and O–H groups in total. The van der Waals surface area contributed by atoms with Crippen LogP contribution in [0.25, 0.3) is 5.69 Å². The Morgan fingerprint density at radius 2 is 1.83 bits per heavy atom. The summed E-state index contributed by atoms with van der Waals surface area (Å²) < 4.78 is 15.0. The molecule has 0 saturated carbocycles. The maximum atomic E-state index is 13.2. The van der Waals surface area contributed by atoms with Crippen molar-refractivity contribution >= 4 is 11.7 Å². The Morgan fingerprint density at radius 1 is 1.12 bits per heavy atom. The minimum Gasteiger partial charge on any atom is -0.310 e. The summed E-state index contributed by atoms with van der Waals surface area (Å²) in [4.78, 5) is 12.2. The number of nitrogens with one attached hydrogen (secondary N) is 1.